The molecule has 0 amide bonds. The average molecular weight is 312 g/mol. The molecule has 1 aromatic carbocycles. The highest BCUT2D eigenvalue weighted by molar-refractivity contribution is 5.27. The molecule has 1 aromatic rings. The van der Waals surface area contributed by atoms with Crippen molar-refractivity contribution in [1.29, 1.82) is 0 Å². The van der Waals surface area contributed by atoms with Crippen LogP contribution in [0.2, 0.25) is 0 Å². The molecular weight excluding hydrogens is 280 g/mol. The van der Waals surface area contributed by atoms with E-state index >= 15 is 0 Å². The predicted octanol–water partition coefficient (Wildman–Crippen LogP) is 5.46. The summed E-state index contributed by atoms with van der Waals surface area (Å²) < 4.78 is 0. The van der Waals surface area contributed by atoms with Crippen LogP contribution in [-0.4, -0.2) is 10.7 Å². The van der Waals surface area contributed by atoms with E-state index in [4.69, 9.17) is 0 Å². The second-order valence-electron chi connectivity index (χ2n) is 7.56. The molecule has 0 heterocycles. The molecule has 2 aliphatic carbocycles. The van der Waals surface area contributed by atoms with Crippen molar-refractivity contribution in [3.63, 3.8) is 0 Å². The molecule has 3 unspecified atom stereocenters. The molecule has 1 nitrogen and oxygen atoms in total. The standard InChI is InChI=1S/C22H32O/c1-2-18-10-3-4-11-19(18)12-5-6-13-20-15-9-16-21-14-7-8-17-22(20,21)23/h3-4,6,10-11,13,20-21,23H,2,5,7-9,12,14-17H2,1H3. The lowest BCUT2D eigenvalue weighted by molar-refractivity contribution is -0.103. The summed E-state index contributed by atoms with van der Waals surface area (Å²) in [6, 6.07) is 8.79. The van der Waals surface area contributed by atoms with Crippen molar-refractivity contribution in [3.05, 3.63) is 47.5 Å². The predicted molar refractivity (Wildman–Crippen MR) is 97.5 cm³/mol. The maximum absolute atomic E-state index is 11.2. The quantitative estimate of drug-likeness (QED) is 0.716. The molecule has 0 saturated heterocycles. The number of allylic oxidation sites excluding steroid dienone is 1. The largest absolute Gasteiger partial charge is 0.389 e. The van der Waals surface area contributed by atoms with Crippen molar-refractivity contribution in [2.75, 3.05) is 0 Å². The molecule has 1 heteroatoms. The first-order valence-corrected chi connectivity index (χ1v) is 9.70. The topological polar surface area (TPSA) is 20.2 Å². The third-order valence-corrected chi connectivity index (χ3v) is 6.24. The van der Waals surface area contributed by atoms with Crippen LogP contribution < -0.4 is 0 Å². The Bertz CT molecular complexity index is 531. The van der Waals surface area contributed by atoms with Crippen molar-refractivity contribution in [3.8, 4) is 0 Å². The SMILES string of the molecule is CCc1ccccc1CCC=CC1CCCC2CCCCC12O. The van der Waals surface area contributed by atoms with E-state index in [1.165, 1.54) is 49.7 Å². The molecule has 1 N–H and O–H groups in total. The van der Waals surface area contributed by atoms with Crippen LogP contribution in [0.15, 0.2) is 36.4 Å². The van der Waals surface area contributed by atoms with Crippen molar-refractivity contribution in [2.45, 2.75) is 76.7 Å². The Morgan fingerprint density at radius 3 is 2.70 bits per heavy atom. The van der Waals surface area contributed by atoms with Gasteiger partial charge < -0.3 is 5.11 Å². The second kappa shape index (κ2) is 7.66. The van der Waals surface area contributed by atoms with Gasteiger partial charge in [0.1, 0.15) is 0 Å². The molecule has 3 rings (SSSR count). The van der Waals surface area contributed by atoms with Gasteiger partial charge in [-0.2, -0.15) is 0 Å². The Hall–Kier alpha value is -1.08. The molecule has 2 fully saturated rings. The molecule has 0 aromatic heterocycles. The van der Waals surface area contributed by atoms with Gasteiger partial charge in [-0.25, -0.2) is 0 Å². The maximum Gasteiger partial charge on any atom is 0.0738 e. The number of hydrogen-bond acceptors (Lipinski definition) is 1. The highest BCUT2D eigenvalue weighted by Gasteiger charge is 2.45. The van der Waals surface area contributed by atoms with E-state index in [-0.39, 0.29) is 0 Å². The summed E-state index contributed by atoms with van der Waals surface area (Å²) >= 11 is 0. The minimum atomic E-state index is -0.395. The molecule has 0 aliphatic heterocycles. The lowest BCUT2D eigenvalue weighted by Gasteiger charge is -2.48. The summed E-state index contributed by atoms with van der Waals surface area (Å²) in [6.45, 7) is 2.23. The van der Waals surface area contributed by atoms with Crippen LogP contribution in [0, 0.1) is 11.8 Å². The zero-order chi connectivity index (χ0) is 16.1. The molecular formula is C22H32O. The fourth-order valence-corrected chi connectivity index (χ4v) is 4.88. The summed E-state index contributed by atoms with van der Waals surface area (Å²) in [4.78, 5) is 0. The van der Waals surface area contributed by atoms with E-state index < -0.39 is 5.60 Å². The van der Waals surface area contributed by atoms with Gasteiger partial charge in [0.15, 0.2) is 0 Å². The number of hydrogen-bond donors (Lipinski definition) is 1. The van der Waals surface area contributed by atoms with Crippen LogP contribution in [0.1, 0.15) is 69.4 Å². The summed E-state index contributed by atoms with van der Waals surface area (Å²) in [5.74, 6) is 0.948. The van der Waals surface area contributed by atoms with Gasteiger partial charge in [0.2, 0.25) is 0 Å². The zero-order valence-corrected chi connectivity index (χ0v) is 14.6. The third kappa shape index (κ3) is 3.71. The molecule has 126 valence electrons. The number of aliphatic hydroxyl groups is 1. The van der Waals surface area contributed by atoms with E-state index in [0.29, 0.717) is 11.8 Å². The lowest BCUT2D eigenvalue weighted by atomic mass is 9.62. The van der Waals surface area contributed by atoms with Crippen molar-refractivity contribution in [2.24, 2.45) is 11.8 Å². The van der Waals surface area contributed by atoms with Gasteiger partial charge in [-0.15, -0.1) is 0 Å². The van der Waals surface area contributed by atoms with Gasteiger partial charge in [0.25, 0.3) is 0 Å². The molecule has 0 spiro atoms. The number of rotatable bonds is 5. The van der Waals surface area contributed by atoms with E-state index in [9.17, 15) is 5.11 Å². The van der Waals surface area contributed by atoms with Gasteiger partial charge in [-0.3, -0.25) is 0 Å². The monoisotopic (exact) mass is 312 g/mol. The lowest BCUT2D eigenvalue weighted by Crippen LogP contribution is -2.49. The Balaban J connectivity index is 1.59. The van der Waals surface area contributed by atoms with Crippen LogP contribution in [0.4, 0.5) is 0 Å². The van der Waals surface area contributed by atoms with E-state index in [1.807, 2.05) is 0 Å². The normalized spacial score (nSPS) is 31.2. The summed E-state index contributed by atoms with van der Waals surface area (Å²) in [5, 5.41) is 11.2. The second-order valence-corrected chi connectivity index (χ2v) is 7.56. The minimum Gasteiger partial charge on any atom is -0.389 e. The first-order chi connectivity index (χ1) is 11.2. The highest BCUT2D eigenvalue weighted by atomic mass is 16.3. The van der Waals surface area contributed by atoms with E-state index in [1.54, 1.807) is 0 Å². The summed E-state index contributed by atoms with van der Waals surface area (Å²) in [6.07, 6.45) is 16.5. The van der Waals surface area contributed by atoms with Gasteiger partial charge in [-0.1, -0.05) is 62.6 Å². The van der Waals surface area contributed by atoms with Crippen molar-refractivity contribution >= 4 is 0 Å². The van der Waals surface area contributed by atoms with Crippen LogP contribution in [0.5, 0.6) is 0 Å². The van der Waals surface area contributed by atoms with Crippen LogP contribution in [0.25, 0.3) is 0 Å². The smallest absolute Gasteiger partial charge is 0.0738 e. The fraction of sp³-hybridized carbons (Fsp3) is 0.636. The molecule has 2 saturated carbocycles. The molecule has 2 aliphatic rings. The van der Waals surface area contributed by atoms with Gasteiger partial charge in [0, 0.05) is 5.92 Å². The number of fused-ring (bicyclic) bond motifs is 1. The van der Waals surface area contributed by atoms with Gasteiger partial charge >= 0.3 is 0 Å². The first-order valence-electron chi connectivity index (χ1n) is 9.70. The van der Waals surface area contributed by atoms with Crippen molar-refractivity contribution in [1.82, 2.24) is 0 Å². The Morgan fingerprint density at radius 1 is 1.09 bits per heavy atom. The van der Waals surface area contributed by atoms with E-state index in [2.05, 4.69) is 43.3 Å². The van der Waals surface area contributed by atoms with Crippen LogP contribution in [0.3, 0.4) is 0 Å². The third-order valence-electron chi connectivity index (χ3n) is 6.24. The average Bonchev–Trinajstić information content (AvgIpc) is 2.59. The Kier molecular flexibility index (Phi) is 5.58. The number of aryl methyl sites for hydroxylation is 2. The van der Waals surface area contributed by atoms with Gasteiger partial charge in [-0.05, 0) is 62.0 Å². The first kappa shape index (κ1) is 16.8. The van der Waals surface area contributed by atoms with Crippen LogP contribution >= 0.6 is 0 Å². The Labute approximate surface area is 141 Å². The highest BCUT2D eigenvalue weighted by Crippen LogP contribution is 2.47. The Morgan fingerprint density at radius 2 is 1.87 bits per heavy atom. The zero-order valence-electron chi connectivity index (χ0n) is 14.6. The van der Waals surface area contributed by atoms with Crippen LogP contribution in [-0.2, 0) is 12.8 Å². The summed E-state index contributed by atoms with van der Waals surface area (Å²) in [5.41, 5.74) is 2.57. The molecule has 0 radical (unpaired) electrons. The summed E-state index contributed by atoms with van der Waals surface area (Å²) in [7, 11) is 0. The van der Waals surface area contributed by atoms with Gasteiger partial charge in [0.05, 0.1) is 5.60 Å². The molecule has 0 bridgehead atoms. The molecule has 3 atom stereocenters. The maximum atomic E-state index is 11.2. The number of benzene rings is 1. The fourth-order valence-electron chi connectivity index (χ4n) is 4.88. The van der Waals surface area contributed by atoms with E-state index in [0.717, 1.165) is 25.7 Å². The minimum absolute atomic E-state index is 0.392. The molecule has 23 heavy (non-hydrogen) atoms. The van der Waals surface area contributed by atoms with Crippen molar-refractivity contribution < 1.29 is 5.11 Å².